The van der Waals surface area contributed by atoms with Crippen molar-refractivity contribution in [2.24, 2.45) is 0 Å². The third-order valence-corrected chi connectivity index (χ3v) is 2.78. The summed E-state index contributed by atoms with van der Waals surface area (Å²) >= 11 is 2.61. The molecular formula is C8H4BrF3O2S. The van der Waals surface area contributed by atoms with Crippen LogP contribution >= 0.6 is 27.7 Å². The fraction of sp³-hybridized carbons (Fsp3) is 0.125. The Morgan fingerprint density at radius 3 is 2.40 bits per heavy atom. The molecule has 0 aliphatic heterocycles. The van der Waals surface area contributed by atoms with Gasteiger partial charge in [0.15, 0.2) is 0 Å². The molecule has 1 rings (SSSR count). The number of hydrogen-bond acceptors (Lipinski definition) is 2. The van der Waals surface area contributed by atoms with Gasteiger partial charge in [-0.05, 0) is 45.9 Å². The molecule has 0 bridgehead atoms. The zero-order valence-corrected chi connectivity index (χ0v) is 9.41. The standard InChI is InChI=1S/C8H4BrF3O2S/c9-6-3-4(15-8(10,11)12)1-2-5(6)7(13)14/h1-3H,(H,13,14). The Hall–Kier alpha value is -0.690. The number of halogens is 4. The van der Waals surface area contributed by atoms with Crippen LogP contribution in [0.3, 0.4) is 0 Å². The number of carboxylic acids is 1. The summed E-state index contributed by atoms with van der Waals surface area (Å²) < 4.78 is 36.0. The molecule has 0 amide bonds. The van der Waals surface area contributed by atoms with Crippen LogP contribution in [0.4, 0.5) is 13.2 Å². The molecule has 1 aromatic carbocycles. The lowest BCUT2D eigenvalue weighted by atomic mass is 10.2. The second kappa shape index (κ2) is 4.44. The summed E-state index contributed by atoms with van der Waals surface area (Å²) in [5.74, 6) is -1.19. The summed E-state index contributed by atoms with van der Waals surface area (Å²) in [4.78, 5) is 10.5. The van der Waals surface area contributed by atoms with Gasteiger partial charge in [0.05, 0.1) is 5.56 Å². The number of alkyl halides is 3. The fourth-order valence-corrected chi connectivity index (χ4v) is 2.15. The van der Waals surface area contributed by atoms with Crippen molar-refractivity contribution in [3.8, 4) is 0 Å². The van der Waals surface area contributed by atoms with Crippen LogP contribution in [0.1, 0.15) is 10.4 Å². The number of carbonyl (C=O) groups is 1. The summed E-state index contributed by atoms with van der Waals surface area (Å²) in [6, 6.07) is 3.37. The number of rotatable bonds is 2. The number of benzene rings is 1. The van der Waals surface area contributed by atoms with E-state index in [1.807, 2.05) is 0 Å². The summed E-state index contributed by atoms with van der Waals surface area (Å²) in [6.07, 6.45) is 0. The molecule has 0 aliphatic carbocycles. The molecule has 0 aromatic heterocycles. The highest BCUT2D eigenvalue weighted by molar-refractivity contribution is 9.10. The highest BCUT2D eigenvalue weighted by Gasteiger charge is 2.29. The van der Waals surface area contributed by atoms with E-state index < -0.39 is 11.5 Å². The van der Waals surface area contributed by atoms with Crippen molar-refractivity contribution < 1.29 is 23.1 Å². The molecule has 0 saturated heterocycles. The molecule has 0 spiro atoms. The van der Waals surface area contributed by atoms with E-state index in [0.717, 1.165) is 18.2 Å². The summed E-state index contributed by atoms with van der Waals surface area (Å²) in [5.41, 5.74) is -4.44. The topological polar surface area (TPSA) is 37.3 Å². The molecule has 15 heavy (non-hydrogen) atoms. The van der Waals surface area contributed by atoms with Gasteiger partial charge in [0, 0.05) is 9.37 Å². The van der Waals surface area contributed by atoms with Crippen molar-refractivity contribution in [3.63, 3.8) is 0 Å². The van der Waals surface area contributed by atoms with E-state index in [9.17, 15) is 18.0 Å². The molecule has 0 atom stereocenters. The molecule has 7 heteroatoms. The van der Waals surface area contributed by atoms with Crippen LogP contribution in [0.25, 0.3) is 0 Å². The number of thioether (sulfide) groups is 1. The summed E-state index contributed by atoms with van der Waals surface area (Å²) in [7, 11) is 0. The minimum Gasteiger partial charge on any atom is -0.478 e. The van der Waals surface area contributed by atoms with Crippen LogP contribution in [-0.2, 0) is 0 Å². The van der Waals surface area contributed by atoms with E-state index in [4.69, 9.17) is 5.11 Å². The average molecular weight is 301 g/mol. The van der Waals surface area contributed by atoms with Gasteiger partial charge in [0.25, 0.3) is 0 Å². The van der Waals surface area contributed by atoms with Crippen LogP contribution in [0.2, 0.25) is 0 Å². The Morgan fingerprint density at radius 2 is 2.00 bits per heavy atom. The van der Waals surface area contributed by atoms with E-state index in [0.29, 0.717) is 0 Å². The van der Waals surface area contributed by atoms with Gasteiger partial charge in [-0.25, -0.2) is 4.79 Å². The van der Waals surface area contributed by atoms with Crippen LogP contribution < -0.4 is 0 Å². The van der Waals surface area contributed by atoms with Crippen molar-refractivity contribution in [2.45, 2.75) is 10.4 Å². The van der Waals surface area contributed by atoms with Crippen LogP contribution in [-0.4, -0.2) is 16.6 Å². The highest BCUT2D eigenvalue weighted by atomic mass is 79.9. The lowest BCUT2D eigenvalue weighted by molar-refractivity contribution is -0.0328. The third-order valence-electron chi connectivity index (χ3n) is 1.40. The lowest BCUT2D eigenvalue weighted by Gasteiger charge is -2.06. The largest absolute Gasteiger partial charge is 0.478 e. The third kappa shape index (κ3) is 3.75. The molecule has 1 aromatic rings. The van der Waals surface area contributed by atoms with Gasteiger partial charge in [-0.15, -0.1) is 0 Å². The van der Waals surface area contributed by atoms with Crippen molar-refractivity contribution in [1.82, 2.24) is 0 Å². The number of aromatic carboxylic acids is 1. The van der Waals surface area contributed by atoms with Crippen molar-refractivity contribution in [2.75, 3.05) is 0 Å². The smallest absolute Gasteiger partial charge is 0.446 e. The first kappa shape index (κ1) is 12.4. The quantitative estimate of drug-likeness (QED) is 0.845. The Labute approximate surface area is 95.6 Å². The molecule has 0 unspecified atom stereocenters. The van der Waals surface area contributed by atoms with Crippen molar-refractivity contribution in [3.05, 3.63) is 28.2 Å². The zero-order chi connectivity index (χ0) is 11.6. The molecule has 0 aliphatic rings. The second-order valence-corrected chi connectivity index (χ2v) is 4.49. The Kier molecular flexibility index (Phi) is 3.67. The first-order valence-electron chi connectivity index (χ1n) is 3.58. The molecule has 82 valence electrons. The van der Waals surface area contributed by atoms with Crippen LogP contribution in [0, 0.1) is 0 Å². The van der Waals surface area contributed by atoms with E-state index in [1.54, 1.807) is 0 Å². The molecule has 0 saturated carbocycles. The van der Waals surface area contributed by atoms with Crippen molar-refractivity contribution in [1.29, 1.82) is 0 Å². The van der Waals surface area contributed by atoms with Gasteiger partial charge < -0.3 is 5.11 Å². The van der Waals surface area contributed by atoms with E-state index in [-0.39, 0.29) is 26.7 Å². The second-order valence-electron chi connectivity index (χ2n) is 2.49. The molecule has 2 nitrogen and oxygen atoms in total. The number of carboxylic acid groups (broad SMARTS) is 1. The molecule has 1 N–H and O–H groups in total. The summed E-state index contributed by atoms with van der Waals surface area (Å²) in [6.45, 7) is 0. The monoisotopic (exact) mass is 300 g/mol. The van der Waals surface area contributed by atoms with Gasteiger partial charge in [0.2, 0.25) is 0 Å². The molecule has 0 radical (unpaired) electrons. The lowest BCUT2D eigenvalue weighted by Crippen LogP contribution is -2.01. The maximum atomic E-state index is 12.0. The van der Waals surface area contributed by atoms with Gasteiger partial charge in [-0.3, -0.25) is 0 Å². The predicted octanol–water partition coefficient (Wildman–Crippen LogP) is 3.76. The Bertz CT molecular complexity index is 392. The van der Waals surface area contributed by atoms with Crippen molar-refractivity contribution >= 4 is 33.7 Å². The molecule has 0 fully saturated rings. The summed E-state index contributed by atoms with van der Waals surface area (Å²) in [5, 5.41) is 8.63. The van der Waals surface area contributed by atoms with Gasteiger partial charge in [-0.1, -0.05) is 0 Å². The van der Waals surface area contributed by atoms with Gasteiger partial charge in [-0.2, -0.15) is 13.2 Å². The number of hydrogen-bond donors (Lipinski definition) is 1. The van der Waals surface area contributed by atoms with Crippen LogP contribution in [0.15, 0.2) is 27.6 Å². The molecular weight excluding hydrogens is 297 g/mol. The maximum absolute atomic E-state index is 12.0. The maximum Gasteiger partial charge on any atom is 0.446 e. The van der Waals surface area contributed by atoms with Gasteiger partial charge in [0.1, 0.15) is 0 Å². The Morgan fingerprint density at radius 1 is 1.40 bits per heavy atom. The normalized spacial score (nSPS) is 11.5. The SMILES string of the molecule is O=C(O)c1ccc(SC(F)(F)F)cc1Br. The highest BCUT2D eigenvalue weighted by Crippen LogP contribution is 2.38. The zero-order valence-electron chi connectivity index (χ0n) is 7.01. The average Bonchev–Trinajstić information content (AvgIpc) is 1.99. The van der Waals surface area contributed by atoms with E-state index in [1.165, 1.54) is 0 Å². The fourth-order valence-electron chi connectivity index (χ4n) is 0.866. The van der Waals surface area contributed by atoms with E-state index >= 15 is 0 Å². The first-order valence-corrected chi connectivity index (χ1v) is 5.19. The predicted molar refractivity (Wildman–Crippen MR) is 53.0 cm³/mol. The van der Waals surface area contributed by atoms with Crippen LogP contribution in [0.5, 0.6) is 0 Å². The minimum atomic E-state index is -4.37. The van der Waals surface area contributed by atoms with E-state index in [2.05, 4.69) is 15.9 Å². The first-order chi connectivity index (χ1) is 6.79. The molecule has 0 heterocycles. The minimum absolute atomic E-state index is 0.0561. The van der Waals surface area contributed by atoms with Gasteiger partial charge >= 0.3 is 11.5 Å². The Balaban J connectivity index is 2.97.